The number of aromatic nitrogens is 1. The van der Waals surface area contributed by atoms with Crippen molar-refractivity contribution in [2.24, 2.45) is 0 Å². The van der Waals surface area contributed by atoms with Gasteiger partial charge in [0.05, 0.1) is 19.9 Å². The standard InChI is InChI=1S/C10H14N2O4S/c1-15-10-3-2-9(6-11-10)17(13,14)12-8-4-5-16-7-8/h2-3,6,8,12H,4-5,7H2,1H3. The molecule has 0 bridgehead atoms. The maximum atomic E-state index is 11.9. The summed E-state index contributed by atoms with van der Waals surface area (Å²) in [5, 5.41) is 0. The normalized spacial score (nSPS) is 20.4. The van der Waals surface area contributed by atoms with Crippen LogP contribution in [0.2, 0.25) is 0 Å². The Balaban J connectivity index is 2.12. The van der Waals surface area contributed by atoms with Crippen LogP contribution in [0.1, 0.15) is 6.42 Å². The van der Waals surface area contributed by atoms with Crippen molar-refractivity contribution in [3.05, 3.63) is 18.3 Å². The lowest BCUT2D eigenvalue weighted by atomic mass is 10.3. The Morgan fingerprint density at radius 3 is 2.88 bits per heavy atom. The van der Waals surface area contributed by atoms with E-state index in [4.69, 9.17) is 9.47 Å². The molecule has 1 aromatic rings. The van der Waals surface area contributed by atoms with Crippen LogP contribution in [0, 0.1) is 0 Å². The summed E-state index contributed by atoms with van der Waals surface area (Å²) < 4.78 is 36.4. The predicted octanol–water partition coefficient (Wildman–Crippen LogP) is 0.157. The van der Waals surface area contributed by atoms with Crippen LogP contribution < -0.4 is 9.46 Å². The number of methoxy groups -OCH3 is 1. The zero-order valence-electron chi connectivity index (χ0n) is 9.42. The van der Waals surface area contributed by atoms with Gasteiger partial charge in [-0.15, -0.1) is 0 Å². The van der Waals surface area contributed by atoms with Crippen molar-refractivity contribution in [2.45, 2.75) is 17.4 Å². The molecule has 17 heavy (non-hydrogen) atoms. The highest BCUT2D eigenvalue weighted by Crippen LogP contribution is 2.14. The molecule has 0 aliphatic carbocycles. The van der Waals surface area contributed by atoms with Gasteiger partial charge in [-0.3, -0.25) is 0 Å². The predicted molar refractivity (Wildman–Crippen MR) is 60.3 cm³/mol. The number of rotatable bonds is 4. The molecule has 0 radical (unpaired) electrons. The smallest absolute Gasteiger partial charge is 0.242 e. The Hall–Kier alpha value is -1.18. The first kappa shape index (κ1) is 12.3. The van der Waals surface area contributed by atoms with Crippen LogP contribution in [-0.2, 0) is 14.8 Å². The molecule has 0 amide bonds. The molecule has 0 aromatic carbocycles. The van der Waals surface area contributed by atoms with Crippen LogP contribution in [0.4, 0.5) is 0 Å². The van der Waals surface area contributed by atoms with E-state index in [1.54, 1.807) is 0 Å². The summed E-state index contributed by atoms with van der Waals surface area (Å²) in [6, 6.07) is 2.83. The fourth-order valence-corrected chi connectivity index (χ4v) is 2.76. The van der Waals surface area contributed by atoms with Crippen molar-refractivity contribution >= 4 is 10.0 Å². The summed E-state index contributed by atoms with van der Waals surface area (Å²) in [5.74, 6) is 0.383. The van der Waals surface area contributed by atoms with Crippen LogP contribution in [0.15, 0.2) is 23.2 Å². The molecule has 1 fully saturated rings. The van der Waals surface area contributed by atoms with Crippen LogP contribution in [-0.4, -0.2) is 39.8 Å². The number of hydrogen-bond acceptors (Lipinski definition) is 5. The minimum Gasteiger partial charge on any atom is -0.481 e. The number of ether oxygens (including phenoxy) is 2. The first-order valence-electron chi connectivity index (χ1n) is 5.22. The van der Waals surface area contributed by atoms with Crippen molar-refractivity contribution in [1.29, 1.82) is 0 Å². The Kier molecular flexibility index (Phi) is 3.60. The van der Waals surface area contributed by atoms with E-state index in [2.05, 4.69) is 9.71 Å². The van der Waals surface area contributed by atoms with Gasteiger partial charge < -0.3 is 9.47 Å². The number of sulfonamides is 1. The minimum atomic E-state index is -3.52. The molecule has 0 saturated carbocycles. The lowest BCUT2D eigenvalue weighted by Gasteiger charge is -2.11. The molecule has 1 N–H and O–H groups in total. The van der Waals surface area contributed by atoms with Crippen LogP contribution in [0.5, 0.6) is 5.88 Å². The average molecular weight is 258 g/mol. The third-order valence-corrected chi connectivity index (χ3v) is 3.99. The summed E-state index contributed by atoms with van der Waals surface area (Å²) in [4.78, 5) is 4.00. The highest BCUT2D eigenvalue weighted by atomic mass is 32.2. The van der Waals surface area contributed by atoms with E-state index >= 15 is 0 Å². The van der Waals surface area contributed by atoms with E-state index in [0.717, 1.165) is 0 Å². The lowest BCUT2D eigenvalue weighted by molar-refractivity contribution is 0.192. The second kappa shape index (κ2) is 4.99. The van der Waals surface area contributed by atoms with Crippen molar-refractivity contribution < 1.29 is 17.9 Å². The number of nitrogens with zero attached hydrogens (tertiary/aromatic N) is 1. The minimum absolute atomic E-state index is 0.130. The molecule has 1 aliphatic rings. The molecule has 7 heteroatoms. The summed E-state index contributed by atoms with van der Waals surface area (Å²) in [7, 11) is -2.04. The first-order chi connectivity index (χ1) is 8.12. The van der Waals surface area contributed by atoms with Gasteiger partial charge in [-0.05, 0) is 12.5 Å². The topological polar surface area (TPSA) is 77.5 Å². The molecule has 1 unspecified atom stereocenters. The molecule has 1 atom stereocenters. The highest BCUT2D eigenvalue weighted by Gasteiger charge is 2.23. The highest BCUT2D eigenvalue weighted by molar-refractivity contribution is 7.89. The summed E-state index contributed by atoms with van der Waals surface area (Å²) in [5.41, 5.74) is 0. The van der Waals surface area contributed by atoms with E-state index in [-0.39, 0.29) is 10.9 Å². The zero-order valence-corrected chi connectivity index (χ0v) is 10.2. The van der Waals surface area contributed by atoms with Crippen LogP contribution >= 0.6 is 0 Å². The van der Waals surface area contributed by atoms with Crippen LogP contribution in [0.3, 0.4) is 0 Å². The van der Waals surface area contributed by atoms with Gasteiger partial charge in [-0.25, -0.2) is 18.1 Å². The molecule has 1 aliphatic heterocycles. The molecule has 2 heterocycles. The molecular weight excluding hydrogens is 244 g/mol. The monoisotopic (exact) mass is 258 g/mol. The first-order valence-corrected chi connectivity index (χ1v) is 6.70. The Morgan fingerprint density at radius 2 is 2.35 bits per heavy atom. The van der Waals surface area contributed by atoms with E-state index in [1.807, 2.05) is 0 Å². The van der Waals surface area contributed by atoms with E-state index < -0.39 is 10.0 Å². The van der Waals surface area contributed by atoms with E-state index in [1.165, 1.54) is 25.4 Å². The lowest BCUT2D eigenvalue weighted by Crippen LogP contribution is -2.35. The average Bonchev–Trinajstić information content (AvgIpc) is 2.81. The van der Waals surface area contributed by atoms with E-state index in [0.29, 0.717) is 25.5 Å². The van der Waals surface area contributed by atoms with Crippen molar-refractivity contribution in [3.63, 3.8) is 0 Å². The van der Waals surface area contributed by atoms with Gasteiger partial charge >= 0.3 is 0 Å². The third-order valence-electron chi connectivity index (χ3n) is 2.48. The van der Waals surface area contributed by atoms with Gasteiger partial charge in [0.25, 0.3) is 0 Å². The maximum Gasteiger partial charge on any atom is 0.242 e. The molecule has 94 valence electrons. The fourth-order valence-electron chi connectivity index (χ4n) is 1.56. The van der Waals surface area contributed by atoms with Gasteiger partial charge in [0.2, 0.25) is 15.9 Å². The van der Waals surface area contributed by atoms with Gasteiger partial charge in [-0.1, -0.05) is 0 Å². The molecular formula is C10H14N2O4S. The number of nitrogens with one attached hydrogen (secondary N) is 1. The largest absolute Gasteiger partial charge is 0.481 e. The maximum absolute atomic E-state index is 11.9. The summed E-state index contributed by atoms with van der Waals surface area (Å²) in [6.45, 7) is 1.01. The van der Waals surface area contributed by atoms with Gasteiger partial charge in [0.1, 0.15) is 4.90 Å². The van der Waals surface area contributed by atoms with Crippen molar-refractivity contribution in [1.82, 2.24) is 9.71 Å². The van der Waals surface area contributed by atoms with Crippen molar-refractivity contribution in [3.8, 4) is 5.88 Å². The Morgan fingerprint density at radius 1 is 1.53 bits per heavy atom. The van der Waals surface area contributed by atoms with Gasteiger partial charge in [0.15, 0.2) is 0 Å². The van der Waals surface area contributed by atoms with Gasteiger partial charge in [0, 0.05) is 18.7 Å². The molecule has 6 nitrogen and oxygen atoms in total. The summed E-state index contributed by atoms with van der Waals surface area (Å²) >= 11 is 0. The Labute approximate surface area is 100 Å². The quantitative estimate of drug-likeness (QED) is 0.832. The van der Waals surface area contributed by atoms with Crippen molar-refractivity contribution in [2.75, 3.05) is 20.3 Å². The zero-order chi connectivity index (χ0) is 12.3. The second-order valence-corrected chi connectivity index (χ2v) is 5.43. The Bertz CT molecular complexity index is 466. The number of pyridine rings is 1. The third kappa shape index (κ3) is 2.93. The SMILES string of the molecule is COc1ccc(S(=O)(=O)NC2CCOC2)cn1. The van der Waals surface area contributed by atoms with E-state index in [9.17, 15) is 8.42 Å². The molecule has 1 saturated heterocycles. The summed E-state index contributed by atoms with van der Waals surface area (Å²) in [6.07, 6.45) is 1.97. The van der Waals surface area contributed by atoms with Crippen LogP contribution in [0.25, 0.3) is 0 Å². The molecule has 2 rings (SSSR count). The number of hydrogen-bond donors (Lipinski definition) is 1. The second-order valence-electron chi connectivity index (χ2n) is 3.72. The molecule has 1 aromatic heterocycles. The van der Waals surface area contributed by atoms with Gasteiger partial charge in [-0.2, -0.15) is 0 Å². The molecule has 0 spiro atoms. The fraction of sp³-hybridized carbons (Fsp3) is 0.500.